The number of oxazole rings is 1. The van der Waals surface area contributed by atoms with Crippen LogP contribution in [0.25, 0.3) is 22.4 Å². The van der Waals surface area contributed by atoms with Gasteiger partial charge in [-0.05, 0) is 26.0 Å². The molecule has 2 aromatic heterocycles. The summed E-state index contributed by atoms with van der Waals surface area (Å²) < 4.78 is 5.72. The Bertz CT molecular complexity index is 661. The van der Waals surface area contributed by atoms with Gasteiger partial charge in [0.15, 0.2) is 5.76 Å². The van der Waals surface area contributed by atoms with Crippen LogP contribution in [0, 0.1) is 6.92 Å². The predicted molar refractivity (Wildman–Crippen MR) is 71.1 cm³/mol. The van der Waals surface area contributed by atoms with Gasteiger partial charge in [0.2, 0.25) is 5.89 Å². The van der Waals surface area contributed by atoms with Crippen LogP contribution in [0.15, 0.2) is 34.7 Å². The van der Waals surface area contributed by atoms with Gasteiger partial charge in [-0.25, -0.2) is 4.98 Å². The molecule has 0 amide bonds. The maximum Gasteiger partial charge on any atom is 0.211 e. The van der Waals surface area contributed by atoms with E-state index in [0.717, 1.165) is 28.1 Å². The van der Waals surface area contributed by atoms with E-state index in [1.807, 2.05) is 32.0 Å². The number of benzene rings is 1. The number of nitrogens with zero attached hydrogens (tertiary/aromatic N) is 1. The van der Waals surface area contributed by atoms with Gasteiger partial charge in [0.1, 0.15) is 0 Å². The van der Waals surface area contributed by atoms with Gasteiger partial charge in [-0.1, -0.05) is 18.2 Å². The van der Waals surface area contributed by atoms with Gasteiger partial charge in [0.25, 0.3) is 0 Å². The van der Waals surface area contributed by atoms with E-state index in [4.69, 9.17) is 10.2 Å². The smallest absolute Gasteiger partial charge is 0.211 e. The van der Waals surface area contributed by atoms with Crippen LogP contribution in [-0.4, -0.2) is 9.97 Å². The highest BCUT2D eigenvalue weighted by atomic mass is 16.4. The maximum absolute atomic E-state index is 5.78. The molecule has 18 heavy (non-hydrogen) atoms. The Kier molecular flexibility index (Phi) is 2.45. The van der Waals surface area contributed by atoms with Crippen molar-refractivity contribution in [3.63, 3.8) is 0 Å². The zero-order valence-electron chi connectivity index (χ0n) is 10.4. The van der Waals surface area contributed by atoms with Crippen LogP contribution in [0.3, 0.4) is 0 Å². The second-order valence-corrected chi connectivity index (χ2v) is 4.53. The summed E-state index contributed by atoms with van der Waals surface area (Å²) in [5.41, 5.74) is 8.66. The van der Waals surface area contributed by atoms with Crippen molar-refractivity contribution in [1.29, 1.82) is 0 Å². The third-order valence-corrected chi connectivity index (χ3v) is 2.98. The molecule has 0 aliphatic rings. The first-order chi connectivity index (χ1) is 8.65. The zero-order chi connectivity index (χ0) is 12.7. The summed E-state index contributed by atoms with van der Waals surface area (Å²) in [5.74, 6) is 1.33. The Morgan fingerprint density at radius 2 is 2.11 bits per heavy atom. The third kappa shape index (κ3) is 1.71. The Morgan fingerprint density at radius 3 is 2.78 bits per heavy atom. The standard InChI is InChI=1S/C14H15N3O/c1-8(15)14-16-9(2)13(18-14)12-7-10-5-3-4-6-11(10)17-12/h3-8,17H,15H2,1-2H3/t8-/m0/s1. The molecule has 1 aromatic carbocycles. The number of hydrogen-bond acceptors (Lipinski definition) is 3. The summed E-state index contributed by atoms with van der Waals surface area (Å²) in [5, 5.41) is 1.16. The zero-order valence-corrected chi connectivity index (χ0v) is 10.4. The molecule has 3 rings (SSSR count). The number of aromatic nitrogens is 2. The highest BCUT2D eigenvalue weighted by Gasteiger charge is 2.15. The number of rotatable bonds is 2. The van der Waals surface area contributed by atoms with Gasteiger partial charge in [-0.3, -0.25) is 0 Å². The molecule has 0 saturated heterocycles. The molecule has 4 nitrogen and oxygen atoms in total. The van der Waals surface area contributed by atoms with Crippen molar-refractivity contribution in [2.45, 2.75) is 19.9 Å². The molecule has 0 unspecified atom stereocenters. The van der Waals surface area contributed by atoms with Crippen LogP contribution in [0.5, 0.6) is 0 Å². The molecule has 3 aromatic rings. The second-order valence-electron chi connectivity index (χ2n) is 4.53. The molecule has 3 N–H and O–H groups in total. The fraction of sp³-hybridized carbons (Fsp3) is 0.214. The fourth-order valence-corrected chi connectivity index (χ4v) is 2.06. The van der Waals surface area contributed by atoms with E-state index < -0.39 is 0 Å². The van der Waals surface area contributed by atoms with Crippen molar-refractivity contribution < 1.29 is 4.42 Å². The number of fused-ring (bicyclic) bond motifs is 1. The summed E-state index contributed by atoms with van der Waals surface area (Å²) in [6.45, 7) is 3.79. The molecule has 2 heterocycles. The lowest BCUT2D eigenvalue weighted by molar-refractivity contribution is 0.473. The molecule has 1 atom stereocenters. The van der Waals surface area contributed by atoms with E-state index >= 15 is 0 Å². The van der Waals surface area contributed by atoms with Crippen molar-refractivity contribution in [2.24, 2.45) is 5.73 Å². The van der Waals surface area contributed by atoms with E-state index in [9.17, 15) is 0 Å². The molecule has 0 saturated carbocycles. The van der Waals surface area contributed by atoms with E-state index in [0.29, 0.717) is 5.89 Å². The number of aryl methyl sites for hydroxylation is 1. The van der Waals surface area contributed by atoms with Crippen molar-refractivity contribution in [2.75, 3.05) is 0 Å². The summed E-state index contributed by atoms with van der Waals surface area (Å²) in [7, 11) is 0. The number of para-hydroxylation sites is 1. The molecule has 0 bridgehead atoms. The first-order valence-electron chi connectivity index (χ1n) is 5.96. The summed E-state index contributed by atoms with van der Waals surface area (Å²) in [6.07, 6.45) is 0. The number of H-pyrrole nitrogens is 1. The summed E-state index contributed by atoms with van der Waals surface area (Å²) in [6, 6.07) is 9.99. The molecule has 92 valence electrons. The average Bonchev–Trinajstić information content (AvgIpc) is 2.91. The molecule has 4 heteroatoms. The average molecular weight is 241 g/mol. The Balaban J connectivity index is 2.13. The molecule has 0 fully saturated rings. The minimum absolute atomic E-state index is 0.193. The van der Waals surface area contributed by atoms with E-state index in [1.165, 1.54) is 0 Å². The number of nitrogens with two attached hydrogens (primary N) is 1. The molecule has 0 aliphatic carbocycles. The molecular weight excluding hydrogens is 226 g/mol. The Morgan fingerprint density at radius 1 is 1.33 bits per heavy atom. The number of nitrogens with one attached hydrogen (secondary N) is 1. The van der Waals surface area contributed by atoms with E-state index in [-0.39, 0.29) is 6.04 Å². The first-order valence-corrected chi connectivity index (χ1v) is 5.96. The third-order valence-electron chi connectivity index (χ3n) is 2.98. The Labute approximate surface area is 105 Å². The van der Waals surface area contributed by atoms with E-state index in [2.05, 4.69) is 22.1 Å². The quantitative estimate of drug-likeness (QED) is 0.724. The normalized spacial score (nSPS) is 13.1. The summed E-state index contributed by atoms with van der Waals surface area (Å²) in [4.78, 5) is 7.68. The minimum Gasteiger partial charge on any atom is -0.437 e. The lowest BCUT2D eigenvalue weighted by Gasteiger charge is -1.96. The lowest BCUT2D eigenvalue weighted by atomic mass is 10.2. The Hall–Kier alpha value is -2.07. The number of hydrogen-bond donors (Lipinski definition) is 2. The van der Waals surface area contributed by atoms with E-state index in [1.54, 1.807) is 0 Å². The monoisotopic (exact) mass is 241 g/mol. The SMILES string of the molecule is Cc1nc([C@H](C)N)oc1-c1cc2ccccc2[nH]1. The molecule has 0 radical (unpaired) electrons. The van der Waals surface area contributed by atoms with Crippen LogP contribution in [0.1, 0.15) is 24.6 Å². The largest absolute Gasteiger partial charge is 0.437 e. The summed E-state index contributed by atoms with van der Waals surface area (Å²) >= 11 is 0. The lowest BCUT2D eigenvalue weighted by Crippen LogP contribution is -2.04. The van der Waals surface area contributed by atoms with Gasteiger partial charge in [-0.2, -0.15) is 0 Å². The fourth-order valence-electron chi connectivity index (χ4n) is 2.06. The molecule has 0 aliphatic heterocycles. The highest BCUT2D eigenvalue weighted by molar-refractivity contribution is 5.85. The van der Waals surface area contributed by atoms with Gasteiger partial charge >= 0.3 is 0 Å². The van der Waals surface area contributed by atoms with Crippen molar-refractivity contribution >= 4 is 10.9 Å². The molecular formula is C14H15N3O. The van der Waals surface area contributed by atoms with Gasteiger partial charge < -0.3 is 15.1 Å². The highest BCUT2D eigenvalue weighted by Crippen LogP contribution is 2.28. The van der Waals surface area contributed by atoms with Crippen LogP contribution in [-0.2, 0) is 0 Å². The van der Waals surface area contributed by atoms with Crippen molar-refractivity contribution in [1.82, 2.24) is 9.97 Å². The topological polar surface area (TPSA) is 67.8 Å². The van der Waals surface area contributed by atoms with Gasteiger partial charge in [-0.15, -0.1) is 0 Å². The maximum atomic E-state index is 5.78. The van der Waals surface area contributed by atoms with Gasteiger partial charge in [0.05, 0.1) is 17.4 Å². The van der Waals surface area contributed by atoms with Crippen LogP contribution in [0.4, 0.5) is 0 Å². The van der Waals surface area contributed by atoms with Crippen LogP contribution in [0.2, 0.25) is 0 Å². The van der Waals surface area contributed by atoms with Crippen LogP contribution < -0.4 is 5.73 Å². The number of aromatic amines is 1. The van der Waals surface area contributed by atoms with Crippen molar-refractivity contribution in [3.05, 3.63) is 41.9 Å². The first kappa shape index (κ1) is 11.0. The minimum atomic E-state index is -0.193. The van der Waals surface area contributed by atoms with Crippen molar-refractivity contribution in [3.8, 4) is 11.5 Å². The molecule has 0 spiro atoms. The van der Waals surface area contributed by atoms with Crippen LogP contribution >= 0.6 is 0 Å². The van der Waals surface area contributed by atoms with Gasteiger partial charge in [0, 0.05) is 10.9 Å². The second kappa shape index (κ2) is 3.99. The predicted octanol–water partition coefficient (Wildman–Crippen LogP) is 3.15.